The lowest BCUT2D eigenvalue weighted by atomic mass is 9.78. The minimum Gasteiger partial charge on any atom is -0.316 e. The van der Waals surface area contributed by atoms with Crippen molar-refractivity contribution in [1.82, 2.24) is 5.32 Å². The molecule has 0 spiro atoms. The monoisotopic (exact) mass is 235 g/mol. The van der Waals surface area contributed by atoms with Crippen molar-refractivity contribution < 1.29 is 0 Å². The van der Waals surface area contributed by atoms with Gasteiger partial charge in [0.1, 0.15) is 0 Å². The SMILES string of the molecule is CNC(CC#CC(C)(C)C)C1CCCC(C)C1. The van der Waals surface area contributed by atoms with Crippen LogP contribution in [0.15, 0.2) is 0 Å². The van der Waals surface area contributed by atoms with Crippen molar-refractivity contribution in [1.29, 1.82) is 0 Å². The van der Waals surface area contributed by atoms with E-state index in [1.54, 1.807) is 0 Å². The Bertz CT molecular complexity index is 276. The maximum Gasteiger partial charge on any atom is 0.0246 e. The molecule has 3 unspecified atom stereocenters. The van der Waals surface area contributed by atoms with Crippen LogP contribution >= 0.6 is 0 Å². The number of hydrogen-bond donors (Lipinski definition) is 1. The first kappa shape index (κ1) is 14.6. The molecule has 1 rings (SSSR count). The molecule has 1 saturated carbocycles. The van der Waals surface area contributed by atoms with Gasteiger partial charge in [-0.3, -0.25) is 0 Å². The molecule has 1 fully saturated rings. The van der Waals surface area contributed by atoms with Crippen LogP contribution < -0.4 is 5.32 Å². The minimum atomic E-state index is 0.137. The van der Waals surface area contributed by atoms with Gasteiger partial charge < -0.3 is 5.32 Å². The third kappa shape index (κ3) is 5.59. The molecule has 0 aromatic heterocycles. The molecular formula is C16H29N. The van der Waals surface area contributed by atoms with Gasteiger partial charge in [0.25, 0.3) is 0 Å². The van der Waals surface area contributed by atoms with E-state index in [1.807, 2.05) is 0 Å². The van der Waals surface area contributed by atoms with E-state index in [0.717, 1.165) is 18.3 Å². The van der Waals surface area contributed by atoms with E-state index in [1.165, 1.54) is 25.7 Å². The summed E-state index contributed by atoms with van der Waals surface area (Å²) < 4.78 is 0. The second-order valence-corrected chi connectivity index (χ2v) is 6.68. The molecule has 98 valence electrons. The molecule has 0 bridgehead atoms. The average Bonchev–Trinajstić information content (AvgIpc) is 2.23. The summed E-state index contributed by atoms with van der Waals surface area (Å²) in [5.74, 6) is 8.46. The maximum absolute atomic E-state index is 3.48. The zero-order chi connectivity index (χ0) is 12.9. The van der Waals surface area contributed by atoms with Gasteiger partial charge in [-0.15, -0.1) is 5.92 Å². The van der Waals surface area contributed by atoms with E-state index in [2.05, 4.69) is 51.9 Å². The summed E-state index contributed by atoms with van der Waals surface area (Å²) in [6.45, 7) is 8.92. The third-order valence-electron chi connectivity index (χ3n) is 3.70. The molecule has 0 saturated heterocycles. The van der Waals surface area contributed by atoms with Crippen LogP contribution in [-0.2, 0) is 0 Å². The lowest BCUT2D eigenvalue weighted by Gasteiger charge is -2.32. The van der Waals surface area contributed by atoms with Gasteiger partial charge in [-0.2, -0.15) is 0 Å². The molecule has 0 radical (unpaired) electrons. The summed E-state index contributed by atoms with van der Waals surface area (Å²) in [7, 11) is 2.09. The van der Waals surface area contributed by atoms with Gasteiger partial charge >= 0.3 is 0 Å². The Morgan fingerprint density at radius 1 is 1.29 bits per heavy atom. The highest BCUT2D eigenvalue weighted by Gasteiger charge is 2.25. The first-order valence-electron chi connectivity index (χ1n) is 7.09. The summed E-state index contributed by atoms with van der Waals surface area (Å²) >= 11 is 0. The Morgan fingerprint density at radius 2 is 2.00 bits per heavy atom. The van der Waals surface area contributed by atoms with Crippen LogP contribution in [0.2, 0.25) is 0 Å². The van der Waals surface area contributed by atoms with Crippen LogP contribution in [0.4, 0.5) is 0 Å². The summed E-state index contributed by atoms with van der Waals surface area (Å²) in [4.78, 5) is 0. The molecule has 0 amide bonds. The van der Waals surface area contributed by atoms with Crippen LogP contribution in [0.5, 0.6) is 0 Å². The summed E-state index contributed by atoms with van der Waals surface area (Å²) in [6, 6.07) is 0.590. The fraction of sp³-hybridized carbons (Fsp3) is 0.875. The van der Waals surface area contributed by atoms with E-state index in [-0.39, 0.29) is 5.41 Å². The number of nitrogens with one attached hydrogen (secondary N) is 1. The summed E-state index contributed by atoms with van der Waals surface area (Å²) in [6.07, 6.45) is 6.58. The second-order valence-electron chi connectivity index (χ2n) is 6.68. The topological polar surface area (TPSA) is 12.0 Å². The maximum atomic E-state index is 3.48. The molecule has 0 aliphatic heterocycles. The fourth-order valence-electron chi connectivity index (χ4n) is 2.78. The molecule has 17 heavy (non-hydrogen) atoms. The highest BCUT2D eigenvalue weighted by atomic mass is 14.9. The summed E-state index contributed by atoms with van der Waals surface area (Å²) in [5, 5.41) is 3.48. The van der Waals surface area contributed by atoms with Gasteiger partial charge in [0.15, 0.2) is 0 Å². The van der Waals surface area contributed by atoms with Gasteiger partial charge in [0.2, 0.25) is 0 Å². The van der Waals surface area contributed by atoms with Crippen LogP contribution in [0, 0.1) is 29.1 Å². The Balaban J connectivity index is 2.49. The van der Waals surface area contributed by atoms with E-state index < -0.39 is 0 Å². The first-order chi connectivity index (χ1) is 7.92. The molecular weight excluding hydrogens is 206 g/mol. The predicted octanol–water partition coefficient (Wildman–Crippen LogP) is 3.84. The van der Waals surface area contributed by atoms with Crippen molar-refractivity contribution >= 4 is 0 Å². The third-order valence-corrected chi connectivity index (χ3v) is 3.70. The van der Waals surface area contributed by atoms with Gasteiger partial charge in [-0.1, -0.05) is 25.7 Å². The zero-order valence-electron chi connectivity index (χ0n) is 12.3. The first-order valence-corrected chi connectivity index (χ1v) is 7.09. The Kier molecular flexibility index (Phi) is 5.53. The van der Waals surface area contributed by atoms with E-state index in [9.17, 15) is 0 Å². The molecule has 3 atom stereocenters. The van der Waals surface area contributed by atoms with Crippen molar-refractivity contribution in [2.24, 2.45) is 17.3 Å². The van der Waals surface area contributed by atoms with Crippen molar-refractivity contribution in [3.63, 3.8) is 0 Å². The van der Waals surface area contributed by atoms with Crippen molar-refractivity contribution in [3.05, 3.63) is 0 Å². The van der Waals surface area contributed by atoms with Crippen LogP contribution in [0.1, 0.15) is 59.8 Å². The van der Waals surface area contributed by atoms with Crippen molar-refractivity contribution in [2.45, 2.75) is 65.8 Å². The van der Waals surface area contributed by atoms with Crippen LogP contribution in [0.3, 0.4) is 0 Å². The molecule has 1 N–H and O–H groups in total. The lowest BCUT2D eigenvalue weighted by Crippen LogP contribution is -2.35. The Morgan fingerprint density at radius 3 is 2.53 bits per heavy atom. The van der Waals surface area contributed by atoms with E-state index >= 15 is 0 Å². The lowest BCUT2D eigenvalue weighted by molar-refractivity contribution is 0.230. The van der Waals surface area contributed by atoms with Crippen molar-refractivity contribution in [3.8, 4) is 11.8 Å². The van der Waals surface area contributed by atoms with Crippen molar-refractivity contribution in [2.75, 3.05) is 7.05 Å². The van der Waals surface area contributed by atoms with E-state index in [4.69, 9.17) is 0 Å². The number of rotatable bonds is 3. The molecule has 1 aliphatic rings. The fourth-order valence-corrected chi connectivity index (χ4v) is 2.78. The quantitative estimate of drug-likeness (QED) is 0.733. The highest BCUT2D eigenvalue weighted by Crippen LogP contribution is 2.31. The highest BCUT2D eigenvalue weighted by molar-refractivity contribution is 5.09. The molecule has 0 heterocycles. The van der Waals surface area contributed by atoms with Gasteiger partial charge in [0, 0.05) is 17.9 Å². The number of hydrogen-bond acceptors (Lipinski definition) is 1. The average molecular weight is 235 g/mol. The van der Waals surface area contributed by atoms with Gasteiger partial charge in [-0.25, -0.2) is 0 Å². The standard InChI is InChI=1S/C16H29N/c1-13-8-6-9-14(12-13)15(17-5)10-7-11-16(2,3)4/h13-15,17H,6,8-10,12H2,1-5H3. The Hall–Kier alpha value is -0.480. The smallest absolute Gasteiger partial charge is 0.0246 e. The molecule has 1 nitrogen and oxygen atoms in total. The van der Waals surface area contributed by atoms with Gasteiger partial charge in [-0.05, 0) is 52.5 Å². The predicted molar refractivity (Wildman–Crippen MR) is 75.8 cm³/mol. The molecule has 0 aromatic carbocycles. The zero-order valence-corrected chi connectivity index (χ0v) is 12.3. The molecule has 0 aromatic rings. The van der Waals surface area contributed by atoms with Crippen LogP contribution in [0.25, 0.3) is 0 Å². The largest absolute Gasteiger partial charge is 0.316 e. The minimum absolute atomic E-state index is 0.137. The molecule has 1 aliphatic carbocycles. The normalized spacial score (nSPS) is 27.1. The second kappa shape index (κ2) is 6.45. The Labute approximate surface area is 108 Å². The summed E-state index contributed by atoms with van der Waals surface area (Å²) in [5.41, 5.74) is 0.137. The van der Waals surface area contributed by atoms with Gasteiger partial charge in [0.05, 0.1) is 0 Å². The van der Waals surface area contributed by atoms with Crippen LogP contribution in [-0.4, -0.2) is 13.1 Å². The molecule has 1 heteroatoms. The van der Waals surface area contributed by atoms with E-state index in [0.29, 0.717) is 6.04 Å².